The van der Waals surface area contributed by atoms with Crippen LogP contribution in [0.5, 0.6) is 0 Å². The number of aromatic nitrogens is 5. The van der Waals surface area contributed by atoms with Crippen LogP contribution < -0.4 is 5.32 Å². The largest absolute Gasteiger partial charge is 0.313 e. The molecule has 0 fully saturated rings. The Bertz CT molecular complexity index is 539. The zero-order chi connectivity index (χ0) is 13.8. The van der Waals surface area contributed by atoms with Crippen LogP contribution in [0.2, 0.25) is 0 Å². The molecule has 0 radical (unpaired) electrons. The van der Waals surface area contributed by atoms with E-state index in [0.717, 1.165) is 31.0 Å². The van der Waals surface area contributed by atoms with Crippen molar-refractivity contribution in [2.24, 2.45) is 7.05 Å². The van der Waals surface area contributed by atoms with E-state index in [2.05, 4.69) is 41.3 Å². The number of rotatable bonds is 6. The highest BCUT2D eigenvalue weighted by Gasteiger charge is 2.12. The van der Waals surface area contributed by atoms with Gasteiger partial charge < -0.3 is 5.32 Å². The van der Waals surface area contributed by atoms with E-state index >= 15 is 0 Å². The highest BCUT2D eigenvalue weighted by molar-refractivity contribution is 5.24. The molecular formula is C13H22N6. The van der Waals surface area contributed by atoms with Gasteiger partial charge in [-0.05, 0) is 26.8 Å². The monoisotopic (exact) mass is 262 g/mol. The Balaban J connectivity index is 2.14. The van der Waals surface area contributed by atoms with Crippen LogP contribution in [0.4, 0.5) is 0 Å². The van der Waals surface area contributed by atoms with Gasteiger partial charge >= 0.3 is 0 Å². The van der Waals surface area contributed by atoms with E-state index in [0.29, 0.717) is 6.54 Å². The van der Waals surface area contributed by atoms with Crippen molar-refractivity contribution >= 4 is 0 Å². The van der Waals surface area contributed by atoms with Crippen LogP contribution in [0.1, 0.15) is 36.1 Å². The summed E-state index contributed by atoms with van der Waals surface area (Å²) < 4.78 is 3.79. The fraction of sp³-hybridized carbons (Fsp3) is 0.615. The molecule has 0 saturated carbocycles. The first-order valence-electron chi connectivity index (χ1n) is 6.70. The molecule has 19 heavy (non-hydrogen) atoms. The van der Waals surface area contributed by atoms with E-state index in [1.54, 1.807) is 11.0 Å². The first-order chi connectivity index (χ1) is 9.13. The van der Waals surface area contributed by atoms with Gasteiger partial charge in [0.1, 0.15) is 18.7 Å². The molecule has 0 aliphatic carbocycles. The maximum atomic E-state index is 4.60. The van der Waals surface area contributed by atoms with Crippen molar-refractivity contribution in [3.8, 4) is 0 Å². The van der Waals surface area contributed by atoms with Gasteiger partial charge in [-0.2, -0.15) is 10.2 Å². The summed E-state index contributed by atoms with van der Waals surface area (Å²) in [5, 5.41) is 12.1. The van der Waals surface area contributed by atoms with Crippen LogP contribution in [0.15, 0.2) is 6.33 Å². The van der Waals surface area contributed by atoms with E-state index < -0.39 is 0 Å². The third kappa shape index (κ3) is 3.01. The fourth-order valence-electron chi connectivity index (χ4n) is 2.13. The molecule has 104 valence electrons. The molecule has 2 aromatic rings. The molecule has 0 amide bonds. The molecular weight excluding hydrogens is 240 g/mol. The van der Waals surface area contributed by atoms with Gasteiger partial charge in [0, 0.05) is 24.8 Å². The van der Waals surface area contributed by atoms with Gasteiger partial charge in [-0.25, -0.2) is 4.98 Å². The van der Waals surface area contributed by atoms with Gasteiger partial charge in [0.15, 0.2) is 0 Å². The third-order valence-corrected chi connectivity index (χ3v) is 3.36. The number of nitrogens with zero attached hydrogens (tertiary/aromatic N) is 5. The van der Waals surface area contributed by atoms with E-state index in [4.69, 9.17) is 0 Å². The van der Waals surface area contributed by atoms with Crippen molar-refractivity contribution in [2.45, 2.75) is 40.3 Å². The van der Waals surface area contributed by atoms with Gasteiger partial charge in [0.2, 0.25) is 0 Å². The highest BCUT2D eigenvalue weighted by atomic mass is 15.4. The molecule has 1 N–H and O–H groups in total. The molecule has 6 heteroatoms. The van der Waals surface area contributed by atoms with E-state index in [1.807, 2.05) is 11.7 Å². The Labute approximate surface area is 113 Å². The summed E-state index contributed by atoms with van der Waals surface area (Å²) in [6, 6.07) is 0. The molecule has 0 unspecified atom stereocenters. The van der Waals surface area contributed by atoms with E-state index in [1.165, 1.54) is 11.3 Å². The predicted molar refractivity (Wildman–Crippen MR) is 73.8 cm³/mol. The maximum Gasteiger partial charge on any atom is 0.148 e. The Morgan fingerprint density at radius 2 is 2.11 bits per heavy atom. The Morgan fingerprint density at radius 1 is 1.32 bits per heavy atom. The molecule has 0 atom stereocenters. The van der Waals surface area contributed by atoms with Gasteiger partial charge in [0.05, 0.1) is 5.69 Å². The zero-order valence-electron chi connectivity index (χ0n) is 12.1. The zero-order valence-corrected chi connectivity index (χ0v) is 12.1. The second kappa shape index (κ2) is 5.97. The molecule has 0 aromatic carbocycles. The van der Waals surface area contributed by atoms with Crippen LogP contribution in [0, 0.1) is 13.8 Å². The molecule has 0 bridgehead atoms. The molecule has 6 nitrogen and oxygen atoms in total. The fourth-order valence-corrected chi connectivity index (χ4v) is 2.13. The Kier molecular flexibility index (Phi) is 4.31. The quantitative estimate of drug-likeness (QED) is 0.794. The number of hydrogen-bond donors (Lipinski definition) is 1. The molecule has 0 aliphatic rings. The van der Waals surface area contributed by atoms with Gasteiger partial charge in [-0.3, -0.25) is 9.36 Å². The summed E-state index contributed by atoms with van der Waals surface area (Å²) in [5.74, 6) is 0.915. The molecule has 2 rings (SSSR count). The topological polar surface area (TPSA) is 60.6 Å². The Hall–Kier alpha value is -1.69. The van der Waals surface area contributed by atoms with Crippen LogP contribution in [-0.4, -0.2) is 31.1 Å². The van der Waals surface area contributed by atoms with Crippen molar-refractivity contribution < 1.29 is 0 Å². The molecule has 0 aliphatic heterocycles. The van der Waals surface area contributed by atoms with Gasteiger partial charge in [0.25, 0.3) is 0 Å². The smallest absolute Gasteiger partial charge is 0.148 e. The molecule has 0 spiro atoms. The average Bonchev–Trinajstić information content (AvgIpc) is 2.89. The molecule has 2 heterocycles. The predicted octanol–water partition coefficient (Wildman–Crippen LogP) is 1.18. The van der Waals surface area contributed by atoms with Gasteiger partial charge in [-0.15, -0.1) is 0 Å². The van der Waals surface area contributed by atoms with E-state index in [9.17, 15) is 0 Å². The minimum Gasteiger partial charge on any atom is -0.313 e. The van der Waals surface area contributed by atoms with Crippen LogP contribution in [0.25, 0.3) is 0 Å². The standard InChI is InChI=1S/C13H22N6/c1-5-6-14-7-12-10(2)17-19(11(12)3)8-13-15-9-16-18(13)4/h9,14H,5-8H2,1-4H3. The lowest BCUT2D eigenvalue weighted by molar-refractivity contribution is 0.591. The number of hydrogen-bond acceptors (Lipinski definition) is 4. The second-order valence-electron chi connectivity index (χ2n) is 4.78. The summed E-state index contributed by atoms with van der Waals surface area (Å²) in [5.41, 5.74) is 3.57. The van der Waals surface area contributed by atoms with Crippen LogP contribution in [0.3, 0.4) is 0 Å². The summed E-state index contributed by atoms with van der Waals surface area (Å²) in [6.45, 7) is 8.92. The number of aryl methyl sites for hydroxylation is 2. The molecule has 2 aromatic heterocycles. The minimum atomic E-state index is 0.664. The van der Waals surface area contributed by atoms with Crippen molar-refractivity contribution in [3.05, 3.63) is 29.1 Å². The number of nitrogens with one attached hydrogen (secondary N) is 1. The van der Waals surface area contributed by atoms with E-state index in [-0.39, 0.29) is 0 Å². The average molecular weight is 262 g/mol. The van der Waals surface area contributed by atoms with Crippen LogP contribution >= 0.6 is 0 Å². The highest BCUT2D eigenvalue weighted by Crippen LogP contribution is 2.13. The second-order valence-corrected chi connectivity index (χ2v) is 4.78. The summed E-state index contributed by atoms with van der Waals surface area (Å²) in [7, 11) is 1.90. The van der Waals surface area contributed by atoms with Crippen molar-refractivity contribution in [1.82, 2.24) is 29.9 Å². The Morgan fingerprint density at radius 3 is 2.74 bits per heavy atom. The summed E-state index contributed by atoms with van der Waals surface area (Å²) in [6.07, 6.45) is 2.72. The van der Waals surface area contributed by atoms with Crippen LogP contribution in [-0.2, 0) is 20.1 Å². The first kappa shape index (κ1) is 13.7. The lowest BCUT2D eigenvalue weighted by Gasteiger charge is -2.06. The van der Waals surface area contributed by atoms with Crippen molar-refractivity contribution in [3.63, 3.8) is 0 Å². The van der Waals surface area contributed by atoms with Crippen molar-refractivity contribution in [1.29, 1.82) is 0 Å². The molecule has 0 saturated heterocycles. The minimum absolute atomic E-state index is 0.664. The van der Waals surface area contributed by atoms with Crippen molar-refractivity contribution in [2.75, 3.05) is 6.54 Å². The summed E-state index contributed by atoms with van der Waals surface area (Å²) in [4.78, 5) is 4.24. The third-order valence-electron chi connectivity index (χ3n) is 3.36. The lowest BCUT2D eigenvalue weighted by Crippen LogP contribution is -2.15. The lowest BCUT2D eigenvalue weighted by atomic mass is 10.2. The maximum absolute atomic E-state index is 4.60. The first-order valence-corrected chi connectivity index (χ1v) is 6.70. The normalized spacial score (nSPS) is 11.2. The SMILES string of the molecule is CCCNCc1c(C)nn(Cc2ncnn2C)c1C. The van der Waals surface area contributed by atoms with Gasteiger partial charge in [-0.1, -0.05) is 6.92 Å². The summed E-state index contributed by atoms with van der Waals surface area (Å²) >= 11 is 0.